The lowest BCUT2D eigenvalue weighted by Gasteiger charge is -2.33. The molecule has 1 unspecified atom stereocenters. The third-order valence-electron chi connectivity index (χ3n) is 5.62. The molecular formula is C26H37N3O5S. The number of aryl methyl sites for hydroxylation is 1. The van der Waals surface area contributed by atoms with Crippen molar-refractivity contribution in [1.29, 1.82) is 0 Å². The van der Waals surface area contributed by atoms with Crippen molar-refractivity contribution in [3.8, 4) is 5.75 Å². The van der Waals surface area contributed by atoms with E-state index in [4.69, 9.17) is 4.74 Å². The number of sulfonamides is 1. The van der Waals surface area contributed by atoms with Gasteiger partial charge in [0.25, 0.3) is 0 Å². The molecule has 0 saturated carbocycles. The maximum Gasteiger partial charge on any atom is 0.244 e. The predicted molar refractivity (Wildman–Crippen MR) is 139 cm³/mol. The lowest BCUT2D eigenvalue weighted by atomic mass is 10.1. The summed E-state index contributed by atoms with van der Waals surface area (Å²) < 4.78 is 31.7. The number of carbonyl (C=O) groups is 2. The van der Waals surface area contributed by atoms with Crippen molar-refractivity contribution in [3.05, 3.63) is 59.7 Å². The van der Waals surface area contributed by atoms with Gasteiger partial charge in [0.15, 0.2) is 0 Å². The summed E-state index contributed by atoms with van der Waals surface area (Å²) >= 11 is 0. The van der Waals surface area contributed by atoms with Gasteiger partial charge in [-0.1, -0.05) is 38.1 Å². The number of methoxy groups -OCH3 is 1. The summed E-state index contributed by atoms with van der Waals surface area (Å²) in [4.78, 5) is 28.1. The van der Waals surface area contributed by atoms with Crippen molar-refractivity contribution in [3.63, 3.8) is 0 Å². The summed E-state index contributed by atoms with van der Waals surface area (Å²) in [6, 6.07) is 13.5. The zero-order valence-electron chi connectivity index (χ0n) is 21.4. The number of carbonyl (C=O) groups excluding carboxylic acids is 2. The summed E-state index contributed by atoms with van der Waals surface area (Å²) in [5, 5.41) is 2.88. The number of nitrogens with one attached hydrogen (secondary N) is 1. The second-order valence-corrected chi connectivity index (χ2v) is 10.7. The van der Waals surface area contributed by atoms with Gasteiger partial charge in [-0.05, 0) is 62.1 Å². The molecule has 8 nitrogen and oxygen atoms in total. The normalized spacial score (nSPS) is 12.2. The van der Waals surface area contributed by atoms with Crippen molar-refractivity contribution in [1.82, 2.24) is 10.2 Å². The first-order valence-electron chi connectivity index (χ1n) is 11.8. The van der Waals surface area contributed by atoms with Crippen molar-refractivity contribution in [2.45, 2.75) is 59.2 Å². The van der Waals surface area contributed by atoms with Crippen LogP contribution < -0.4 is 14.4 Å². The van der Waals surface area contributed by atoms with E-state index >= 15 is 0 Å². The average molecular weight is 504 g/mol. The molecule has 2 amide bonds. The summed E-state index contributed by atoms with van der Waals surface area (Å²) in [7, 11) is -2.20. The van der Waals surface area contributed by atoms with E-state index in [2.05, 4.69) is 5.32 Å². The monoisotopic (exact) mass is 503 g/mol. The Labute approximate surface area is 209 Å². The predicted octanol–water partition coefficient (Wildman–Crippen LogP) is 3.36. The van der Waals surface area contributed by atoms with E-state index in [1.54, 1.807) is 31.4 Å². The first kappa shape index (κ1) is 28.2. The highest BCUT2D eigenvalue weighted by Crippen LogP contribution is 2.21. The van der Waals surface area contributed by atoms with Gasteiger partial charge in [-0.3, -0.25) is 13.9 Å². The van der Waals surface area contributed by atoms with Gasteiger partial charge in [0.1, 0.15) is 18.3 Å². The van der Waals surface area contributed by atoms with Crippen LogP contribution in [-0.2, 0) is 32.6 Å². The largest absolute Gasteiger partial charge is 0.497 e. The number of nitrogens with zero attached hydrogens (tertiary/aromatic N) is 2. The van der Waals surface area contributed by atoms with Crippen LogP contribution >= 0.6 is 0 Å². The van der Waals surface area contributed by atoms with E-state index in [0.717, 1.165) is 28.1 Å². The average Bonchev–Trinajstić information content (AvgIpc) is 2.81. The van der Waals surface area contributed by atoms with Crippen LogP contribution in [0.5, 0.6) is 5.75 Å². The van der Waals surface area contributed by atoms with Crippen LogP contribution in [0.4, 0.5) is 5.69 Å². The number of benzene rings is 2. The molecule has 35 heavy (non-hydrogen) atoms. The van der Waals surface area contributed by atoms with Gasteiger partial charge in [-0.15, -0.1) is 0 Å². The fourth-order valence-corrected chi connectivity index (χ4v) is 4.63. The molecule has 9 heteroatoms. The van der Waals surface area contributed by atoms with E-state index in [1.807, 2.05) is 52.0 Å². The van der Waals surface area contributed by atoms with Gasteiger partial charge >= 0.3 is 0 Å². The Balaban J connectivity index is 2.44. The minimum absolute atomic E-state index is 0.102. The van der Waals surface area contributed by atoms with E-state index in [1.165, 1.54) is 4.90 Å². The third-order valence-corrected chi connectivity index (χ3v) is 6.76. The molecule has 1 atom stereocenters. The lowest BCUT2D eigenvalue weighted by molar-refractivity contribution is -0.140. The highest BCUT2D eigenvalue weighted by Gasteiger charge is 2.32. The highest BCUT2D eigenvalue weighted by molar-refractivity contribution is 7.92. The number of hydrogen-bond acceptors (Lipinski definition) is 5. The number of hydrogen-bond donors (Lipinski definition) is 1. The standard InChI is InChI=1S/C26H37N3O5S/c1-7-20-12-14-22(15-13-20)29(35(6,32)33)18-25(30)28(24(8-2)26(31)27-19(3)4)17-21-10-9-11-23(16-21)34-5/h9-16,19,24H,7-8,17-18H2,1-6H3,(H,27,31). The molecule has 2 aromatic rings. The molecule has 0 aromatic heterocycles. The molecule has 0 aliphatic heterocycles. The summed E-state index contributed by atoms with van der Waals surface area (Å²) in [6.45, 7) is 7.26. The van der Waals surface area contributed by atoms with Gasteiger partial charge in [-0.2, -0.15) is 0 Å². The van der Waals surface area contributed by atoms with Crippen LogP contribution in [0.25, 0.3) is 0 Å². The maximum absolute atomic E-state index is 13.7. The van der Waals surface area contributed by atoms with E-state index in [-0.39, 0.29) is 18.5 Å². The van der Waals surface area contributed by atoms with Crippen LogP contribution in [0.2, 0.25) is 0 Å². The summed E-state index contributed by atoms with van der Waals surface area (Å²) in [5.74, 6) is -0.121. The number of amides is 2. The minimum Gasteiger partial charge on any atom is -0.497 e. The fourth-order valence-electron chi connectivity index (χ4n) is 3.78. The van der Waals surface area contributed by atoms with Crippen LogP contribution in [0, 0.1) is 0 Å². The molecule has 2 aromatic carbocycles. The number of rotatable bonds is 12. The molecule has 0 aliphatic carbocycles. The Kier molecular flexibility index (Phi) is 10.1. The van der Waals surface area contributed by atoms with Crippen LogP contribution in [0.1, 0.15) is 45.2 Å². The quantitative estimate of drug-likeness (QED) is 0.479. The zero-order valence-corrected chi connectivity index (χ0v) is 22.3. The molecule has 0 heterocycles. The first-order valence-corrected chi connectivity index (χ1v) is 13.6. The topological polar surface area (TPSA) is 96.0 Å². The van der Waals surface area contributed by atoms with E-state index in [0.29, 0.717) is 17.9 Å². The molecular weight excluding hydrogens is 466 g/mol. The molecule has 0 fully saturated rings. The fraction of sp³-hybridized carbons (Fsp3) is 0.462. The first-order chi connectivity index (χ1) is 16.5. The van der Waals surface area contributed by atoms with Crippen LogP contribution in [0.3, 0.4) is 0 Å². The maximum atomic E-state index is 13.7. The SMILES string of the molecule is CCc1ccc(N(CC(=O)N(Cc2cccc(OC)c2)C(CC)C(=O)NC(C)C)S(C)(=O)=O)cc1. The summed E-state index contributed by atoms with van der Waals surface area (Å²) in [5.41, 5.74) is 2.23. The smallest absolute Gasteiger partial charge is 0.244 e. The van der Waals surface area contributed by atoms with Gasteiger partial charge in [-0.25, -0.2) is 8.42 Å². The lowest BCUT2D eigenvalue weighted by Crippen LogP contribution is -2.53. The van der Waals surface area contributed by atoms with Crippen molar-refractivity contribution < 1.29 is 22.7 Å². The molecule has 192 valence electrons. The zero-order chi connectivity index (χ0) is 26.2. The van der Waals surface area contributed by atoms with Crippen LogP contribution in [-0.4, -0.2) is 57.1 Å². The molecule has 2 rings (SSSR count). The Morgan fingerprint density at radius 1 is 1.03 bits per heavy atom. The molecule has 0 spiro atoms. The highest BCUT2D eigenvalue weighted by atomic mass is 32.2. The molecule has 1 N–H and O–H groups in total. The number of anilines is 1. The Morgan fingerprint density at radius 2 is 1.69 bits per heavy atom. The Hall–Kier alpha value is -3.07. The Bertz CT molecular complexity index is 1100. The van der Waals surface area contributed by atoms with Crippen LogP contribution in [0.15, 0.2) is 48.5 Å². The van der Waals surface area contributed by atoms with Gasteiger partial charge in [0.2, 0.25) is 21.8 Å². The molecule has 0 aliphatic rings. The third kappa shape index (κ3) is 7.99. The van der Waals surface area contributed by atoms with E-state index in [9.17, 15) is 18.0 Å². The molecule has 0 bridgehead atoms. The Morgan fingerprint density at radius 3 is 2.20 bits per heavy atom. The molecule has 0 radical (unpaired) electrons. The van der Waals surface area contributed by atoms with E-state index < -0.39 is 28.5 Å². The summed E-state index contributed by atoms with van der Waals surface area (Å²) in [6.07, 6.45) is 2.26. The van der Waals surface area contributed by atoms with Crippen molar-refractivity contribution in [2.75, 3.05) is 24.2 Å². The van der Waals surface area contributed by atoms with Crippen molar-refractivity contribution in [2.24, 2.45) is 0 Å². The van der Waals surface area contributed by atoms with Gasteiger partial charge in [0.05, 0.1) is 19.1 Å². The number of ether oxygens (including phenoxy) is 1. The second kappa shape index (κ2) is 12.6. The second-order valence-electron chi connectivity index (χ2n) is 8.75. The minimum atomic E-state index is -3.76. The van der Waals surface area contributed by atoms with Gasteiger partial charge in [0, 0.05) is 12.6 Å². The van der Waals surface area contributed by atoms with Crippen molar-refractivity contribution >= 4 is 27.5 Å². The van der Waals surface area contributed by atoms with Gasteiger partial charge < -0.3 is 15.0 Å². The molecule has 0 saturated heterocycles.